The molecule has 0 unspecified atom stereocenters. The van der Waals surface area contributed by atoms with Crippen molar-refractivity contribution in [2.75, 3.05) is 6.54 Å². The van der Waals surface area contributed by atoms with Crippen molar-refractivity contribution in [2.24, 2.45) is 0 Å². The zero-order valence-corrected chi connectivity index (χ0v) is 12.7. The van der Waals surface area contributed by atoms with E-state index in [2.05, 4.69) is 33.2 Å². The molecular formula is C11H15IN2O2S. The van der Waals surface area contributed by atoms with Gasteiger partial charge in [-0.3, -0.25) is 9.59 Å². The summed E-state index contributed by atoms with van der Waals surface area (Å²) in [7, 11) is 0. The zero-order chi connectivity index (χ0) is 12.8. The van der Waals surface area contributed by atoms with Gasteiger partial charge in [-0.1, -0.05) is 0 Å². The van der Waals surface area contributed by atoms with Crippen LogP contribution in [-0.2, 0) is 4.79 Å². The Balaban J connectivity index is 2.27. The van der Waals surface area contributed by atoms with Crippen LogP contribution >= 0.6 is 33.9 Å². The minimum absolute atomic E-state index is 0.0415. The number of halogens is 1. The molecule has 6 heteroatoms. The molecule has 0 aliphatic carbocycles. The van der Waals surface area contributed by atoms with Crippen molar-refractivity contribution < 1.29 is 9.59 Å². The predicted molar refractivity (Wildman–Crippen MR) is 77.3 cm³/mol. The van der Waals surface area contributed by atoms with Gasteiger partial charge in [0.1, 0.15) is 0 Å². The van der Waals surface area contributed by atoms with Gasteiger partial charge < -0.3 is 10.6 Å². The molecule has 1 aromatic rings. The molecule has 4 nitrogen and oxygen atoms in total. The Labute approximate surface area is 118 Å². The third kappa shape index (κ3) is 5.49. The molecule has 0 fully saturated rings. The van der Waals surface area contributed by atoms with Gasteiger partial charge in [0.25, 0.3) is 5.91 Å². The van der Waals surface area contributed by atoms with Crippen LogP contribution in [0.4, 0.5) is 0 Å². The molecule has 0 aromatic carbocycles. The summed E-state index contributed by atoms with van der Waals surface area (Å²) in [4.78, 5) is 22.9. The van der Waals surface area contributed by atoms with Crippen molar-refractivity contribution in [1.82, 2.24) is 10.6 Å². The summed E-state index contributed by atoms with van der Waals surface area (Å²) >= 11 is 3.70. The molecule has 0 atom stereocenters. The molecule has 17 heavy (non-hydrogen) atoms. The van der Waals surface area contributed by atoms with E-state index in [1.165, 1.54) is 11.3 Å². The summed E-state index contributed by atoms with van der Waals surface area (Å²) in [5, 5.41) is 7.30. The third-order valence-corrected chi connectivity index (χ3v) is 3.71. The second-order valence-electron chi connectivity index (χ2n) is 3.87. The third-order valence-electron chi connectivity index (χ3n) is 1.92. The Morgan fingerprint density at radius 1 is 1.47 bits per heavy atom. The second kappa shape index (κ2) is 6.95. The van der Waals surface area contributed by atoms with Crippen LogP contribution in [0.15, 0.2) is 11.4 Å². The molecule has 1 rings (SSSR count). The molecule has 0 radical (unpaired) electrons. The lowest BCUT2D eigenvalue weighted by Gasteiger charge is -2.08. The molecule has 2 amide bonds. The average molecular weight is 366 g/mol. The van der Waals surface area contributed by atoms with Crippen molar-refractivity contribution in [1.29, 1.82) is 0 Å². The molecule has 0 spiro atoms. The number of nitrogens with one attached hydrogen (secondary N) is 2. The minimum atomic E-state index is -0.124. The molecule has 0 saturated heterocycles. The van der Waals surface area contributed by atoms with E-state index in [0.29, 0.717) is 18.5 Å². The molecule has 0 aliphatic rings. The number of carbonyl (C=O) groups is 2. The molecule has 2 N–H and O–H groups in total. The highest BCUT2D eigenvalue weighted by Gasteiger charge is 2.08. The smallest absolute Gasteiger partial charge is 0.252 e. The van der Waals surface area contributed by atoms with Gasteiger partial charge in [-0.05, 0) is 42.5 Å². The van der Waals surface area contributed by atoms with E-state index >= 15 is 0 Å². The van der Waals surface area contributed by atoms with E-state index in [-0.39, 0.29) is 17.9 Å². The van der Waals surface area contributed by atoms with Gasteiger partial charge >= 0.3 is 0 Å². The van der Waals surface area contributed by atoms with Gasteiger partial charge in [-0.25, -0.2) is 0 Å². The van der Waals surface area contributed by atoms with Gasteiger partial charge in [0.05, 0.1) is 8.45 Å². The van der Waals surface area contributed by atoms with Crippen LogP contribution in [0.2, 0.25) is 0 Å². The maximum Gasteiger partial charge on any atom is 0.252 e. The largest absolute Gasteiger partial charge is 0.354 e. The van der Waals surface area contributed by atoms with Crippen LogP contribution in [0, 0.1) is 2.88 Å². The van der Waals surface area contributed by atoms with E-state index in [1.807, 2.05) is 25.3 Å². The molecule has 1 aromatic heterocycles. The zero-order valence-electron chi connectivity index (χ0n) is 9.75. The van der Waals surface area contributed by atoms with Crippen molar-refractivity contribution >= 4 is 45.7 Å². The topological polar surface area (TPSA) is 58.2 Å². The van der Waals surface area contributed by atoms with Crippen molar-refractivity contribution in [2.45, 2.75) is 26.3 Å². The van der Waals surface area contributed by atoms with E-state index < -0.39 is 0 Å². The summed E-state index contributed by atoms with van der Waals surface area (Å²) in [6.07, 6.45) is 0.311. The van der Waals surface area contributed by atoms with Gasteiger partial charge in [0.2, 0.25) is 5.91 Å². The van der Waals surface area contributed by atoms with Crippen LogP contribution in [-0.4, -0.2) is 24.4 Å². The Bertz CT molecular complexity index is 404. The number of carbonyl (C=O) groups excluding carboxylic acids is 2. The van der Waals surface area contributed by atoms with Crippen molar-refractivity contribution in [3.05, 3.63) is 19.9 Å². The summed E-state index contributed by atoms with van der Waals surface area (Å²) in [6.45, 7) is 4.18. The van der Waals surface area contributed by atoms with Gasteiger partial charge in [0, 0.05) is 24.4 Å². The molecule has 0 bridgehead atoms. The molecular weight excluding hydrogens is 351 g/mol. The number of hydrogen-bond acceptors (Lipinski definition) is 3. The van der Waals surface area contributed by atoms with Gasteiger partial charge in [0.15, 0.2) is 0 Å². The van der Waals surface area contributed by atoms with E-state index in [9.17, 15) is 9.59 Å². The standard InChI is InChI=1S/C11H15IN2O2S/c1-7(2)14-10(15)3-4-13-11(16)8-5-9(12)17-6-8/h5-7H,3-4H2,1-2H3,(H,13,16)(H,14,15). The summed E-state index contributed by atoms with van der Waals surface area (Å²) < 4.78 is 1.07. The first kappa shape index (κ1) is 14.4. The fourth-order valence-electron chi connectivity index (χ4n) is 1.21. The van der Waals surface area contributed by atoms with E-state index in [4.69, 9.17) is 0 Å². The first-order chi connectivity index (χ1) is 7.99. The highest BCUT2D eigenvalue weighted by molar-refractivity contribution is 14.1. The maximum atomic E-state index is 11.6. The average Bonchev–Trinajstić information content (AvgIpc) is 2.63. The number of rotatable bonds is 5. The lowest BCUT2D eigenvalue weighted by molar-refractivity contribution is -0.121. The van der Waals surface area contributed by atoms with Crippen molar-refractivity contribution in [3.8, 4) is 0 Å². The lowest BCUT2D eigenvalue weighted by atomic mass is 10.3. The number of amides is 2. The lowest BCUT2D eigenvalue weighted by Crippen LogP contribution is -2.34. The van der Waals surface area contributed by atoms with Crippen LogP contribution in [0.3, 0.4) is 0 Å². The second-order valence-corrected chi connectivity index (χ2v) is 6.67. The summed E-state index contributed by atoms with van der Waals surface area (Å²) in [6, 6.07) is 1.96. The molecule has 0 aliphatic heterocycles. The Hall–Kier alpha value is -0.630. The molecule has 0 saturated carbocycles. The van der Waals surface area contributed by atoms with Crippen LogP contribution in [0.5, 0.6) is 0 Å². The maximum absolute atomic E-state index is 11.6. The normalized spacial score (nSPS) is 10.4. The monoisotopic (exact) mass is 366 g/mol. The van der Waals surface area contributed by atoms with Crippen LogP contribution < -0.4 is 10.6 Å². The fourth-order valence-corrected chi connectivity index (χ4v) is 2.54. The minimum Gasteiger partial charge on any atom is -0.354 e. The SMILES string of the molecule is CC(C)NC(=O)CCNC(=O)c1csc(I)c1. The van der Waals surface area contributed by atoms with E-state index in [0.717, 1.165) is 2.88 Å². The first-order valence-corrected chi connectivity index (χ1v) is 7.26. The number of hydrogen-bond donors (Lipinski definition) is 2. The quantitative estimate of drug-likeness (QED) is 0.784. The van der Waals surface area contributed by atoms with Crippen LogP contribution in [0.1, 0.15) is 30.6 Å². The predicted octanol–water partition coefficient (Wildman–Crippen LogP) is 2.00. The Morgan fingerprint density at radius 2 is 2.18 bits per heavy atom. The fraction of sp³-hybridized carbons (Fsp3) is 0.455. The van der Waals surface area contributed by atoms with Crippen molar-refractivity contribution in [3.63, 3.8) is 0 Å². The Kier molecular flexibility index (Phi) is 5.90. The Morgan fingerprint density at radius 3 is 2.71 bits per heavy atom. The first-order valence-electron chi connectivity index (χ1n) is 5.30. The van der Waals surface area contributed by atoms with Gasteiger partial charge in [-0.2, -0.15) is 0 Å². The highest BCUT2D eigenvalue weighted by Crippen LogP contribution is 2.16. The van der Waals surface area contributed by atoms with Gasteiger partial charge in [-0.15, -0.1) is 11.3 Å². The molecule has 1 heterocycles. The number of thiophene rings is 1. The summed E-state index contributed by atoms with van der Waals surface area (Å²) in [5.74, 6) is -0.165. The van der Waals surface area contributed by atoms with Crippen LogP contribution in [0.25, 0.3) is 0 Å². The summed E-state index contributed by atoms with van der Waals surface area (Å²) in [5.41, 5.74) is 0.656. The molecule has 94 valence electrons. The van der Waals surface area contributed by atoms with E-state index in [1.54, 1.807) is 0 Å². The highest BCUT2D eigenvalue weighted by atomic mass is 127.